The molecule has 0 saturated carbocycles. The highest BCUT2D eigenvalue weighted by Crippen LogP contribution is 1.80. The molecule has 7 heavy (non-hydrogen) atoms. The van der Waals surface area contributed by atoms with Crippen molar-refractivity contribution < 1.29 is 29.5 Å². The molecule has 0 aromatic carbocycles. The molecule has 6 nitrogen and oxygen atoms in total. The minimum absolute atomic E-state index is 3.00. The van der Waals surface area contributed by atoms with Crippen molar-refractivity contribution in [1.29, 1.82) is 0 Å². The van der Waals surface area contributed by atoms with Gasteiger partial charge in [0.25, 0.3) is 0 Å². The van der Waals surface area contributed by atoms with Gasteiger partial charge in [0.05, 0.1) is 0 Å². The molecule has 0 unspecified atom stereocenters. The lowest BCUT2D eigenvalue weighted by atomic mass is 14.9. The highest BCUT2D eigenvalue weighted by molar-refractivity contribution is 6.35. The van der Waals surface area contributed by atoms with E-state index in [2.05, 4.69) is 13.7 Å². The van der Waals surface area contributed by atoms with Gasteiger partial charge in [-0.25, -0.2) is 13.7 Å². The summed E-state index contributed by atoms with van der Waals surface area (Å²) in [6, 6.07) is 0. The quantitative estimate of drug-likeness (QED) is 0.261. The Morgan fingerprint density at radius 2 is 1.14 bits per heavy atom. The van der Waals surface area contributed by atoms with Crippen molar-refractivity contribution in [2.45, 2.75) is 0 Å². The van der Waals surface area contributed by atoms with Crippen molar-refractivity contribution >= 4 is 9.53 Å². The maximum absolute atomic E-state index is 7.52. The summed E-state index contributed by atoms with van der Waals surface area (Å²) in [6.45, 7) is 0. The molecule has 44 valence electrons. The Morgan fingerprint density at radius 3 is 1.14 bits per heavy atom. The molecule has 0 rings (SSSR count). The zero-order chi connectivity index (χ0) is 5.70. The zero-order valence-electron chi connectivity index (χ0n) is 3.14. The van der Waals surface area contributed by atoms with Gasteiger partial charge in [0.1, 0.15) is 0 Å². The lowest BCUT2D eigenvalue weighted by Crippen LogP contribution is -2.22. The first-order valence-corrected chi connectivity index (χ1v) is 2.67. The number of hydrogen-bond donors (Lipinski definition) is 3. The number of hydrogen-bond acceptors (Lipinski definition) is 6. The molecule has 0 radical (unpaired) electrons. The molecule has 0 saturated heterocycles. The van der Waals surface area contributed by atoms with E-state index in [1.807, 2.05) is 0 Å². The summed E-state index contributed by atoms with van der Waals surface area (Å²) >= 11 is 0. The van der Waals surface area contributed by atoms with E-state index in [1.54, 1.807) is 0 Å². The second-order valence-corrected chi connectivity index (χ2v) is 1.81. The molecule has 0 heterocycles. The van der Waals surface area contributed by atoms with Crippen LogP contribution >= 0.6 is 0 Å². The third-order valence-corrected chi connectivity index (χ3v) is 0.775. The van der Waals surface area contributed by atoms with Gasteiger partial charge >= 0.3 is 9.53 Å². The second-order valence-electron chi connectivity index (χ2n) is 0.605. The summed E-state index contributed by atoms with van der Waals surface area (Å²) < 4.78 is 9.73. The SMILES string of the molecule is OO[SiH](OO)OO. The van der Waals surface area contributed by atoms with Crippen molar-refractivity contribution in [3.8, 4) is 0 Å². The van der Waals surface area contributed by atoms with Crippen molar-refractivity contribution in [3.05, 3.63) is 0 Å². The van der Waals surface area contributed by atoms with Gasteiger partial charge in [0, 0.05) is 0 Å². The Bertz CT molecular complexity index is 25.7. The van der Waals surface area contributed by atoms with Crippen LogP contribution in [0.25, 0.3) is 0 Å². The van der Waals surface area contributed by atoms with Gasteiger partial charge in [-0.2, -0.15) is 0 Å². The molecule has 0 aliphatic rings. The predicted molar refractivity (Wildman–Crippen MR) is 18.3 cm³/mol. The van der Waals surface area contributed by atoms with E-state index < -0.39 is 9.53 Å². The smallest absolute Gasteiger partial charge is 0.258 e. The van der Waals surface area contributed by atoms with Crippen molar-refractivity contribution in [1.82, 2.24) is 0 Å². The van der Waals surface area contributed by atoms with E-state index in [4.69, 9.17) is 15.8 Å². The normalized spacial score (nSPS) is 10.3. The van der Waals surface area contributed by atoms with E-state index in [0.717, 1.165) is 0 Å². The minimum Gasteiger partial charge on any atom is -0.258 e. The van der Waals surface area contributed by atoms with Crippen LogP contribution in [0, 0.1) is 0 Å². The van der Waals surface area contributed by atoms with Crippen LogP contribution in [0.4, 0.5) is 0 Å². The largest absolute Gasteiger partial charge is 0.567 e. The lowest BCUT2D eigenvalue weighted by Gasteiger charge is -1.98. The Kier molecular flexibility index (Phi) is 4.13. The van der Waals surface area contributed by atoms with Crippen molar-refractivity contribution in [2.24, 2.45) is 0 Å². The van der Waals surface area contributed by atoms with E-state index >= 15 is 0 Å². The monoisotopic (exact) mass is 128 g/mol. The van der Waals surface area contributed by atoms with Gasteiger partial charge in [-0.3, -0.25) is 15.8 Å². The maximum Gasteiger partial charge on any atom is 0.567 e. The van der Waals surface area contributed by atoms with Crippen LogP contribution in [-0.2, 0) is 13.7 Å². The Labute approximate surface area is 40.2 Å². The number of rotatable bonds is 3. The molecule has 0 aromatic heterocycles. The van der Waals surface area contributed by atoms with Gasteiger partial charge in [-0.05, 0) is 0 Å². The van der Waals surface area contributed by atoms with E-state index in [-0.39, 0.29) is 0 Å². The molecule has 0 amide bonds. The summed E-state index contributed by atoms with van der Waals surface area (Å²) in [6.07, 6.45) is 0. The van der Waals surface area contributed by atoms with Crippen LogP contribution in [0.15, 0.2) is 0 Å². The molecule has 0 fully saturated rings. The Balaban J connectivity index is 2.99. The Morgan fingerprint density at radius 1 is 0.857 bits per heavy atom. The van der Waals surface area contributed by atoms with Gasteiger partial charge < -0.3 is 0 Å². The summed E-state index contributed by atoms with van der Waals surface area (Å²) in [5.41, 5.74) is 0. The first-order chi connectivity index (χ1) is 3.35. The van der Waals surface area contributed by atoms with Crippen LogP contribution in [0.5, 0.6) is 0 Å². The summed E-state index contributed by atoms with van der Waals surface area (Å²) in [7, 11) is -3.00. The average molecular weight is 128 g/mol. The lowest BCUT2D eigenvalue weighted by molar-refractivity contribution is -0.300. The third-order valence-electron chi connectivity index (χ3n) is 0.258. The fourth-order valence-corrected chi connectivity index (χ4v) is 0.173. The van der Waals surface area contributed by atoms with Crippen LogP contribution < -0.4 is 0 Å². The van der Waals surface area contributed by atoms with Crippen LogP contribution in [0.2, 0.25) is 0 Å². The van der Waals surface area contributed by atoms with Gasteiger partial charge in [0.2, 0.25) is 0 Å². The summed E-state index contributed by atoms with van der Waals surface area (Å²) in [5, 5.41) is 22.6. The molecule has 0 aromatic rings. The molecule has 7 heteroatoms. The minimum atomic E-state index is -3.00. The molecule has 0 bridgehead atoms. The van der Waals surface area contributed by atoms with Crippen LogP contribution in [0.3, 0.4) is 0 Å². The molecule has 0 aliphatic heterocycles. The first kappa shape index (κ1) is 6.98. The molecule has 0 atom stereocenters. The van der Waals surface area contributed by atoms with Crippen LogP contribution in [-0.4, -0.2) is 25.3 Å². The topological polar surface area (TPSA) is 88.4 Å². The standard InChI is InChI=1S/H4O6Si/c1-4-7(5-2)6-3/h1-3,7H. The molecular weight excluding hydrogens is 124 g/mol. The van der Waals surface area contributed by atoms with Crippen LogP contribution in [0.1, 0.15) is 0 Å². The Hall–Kier alpha value is -0.0231. The third kappa shape index (κ3) is 2.65. The highest BCUT2D eigenvalue weighted by atomic mass is 28.3. The molecular formula is H4O6Si. The average Bonchev–Trinajstić information content (AvgIpc) is 1.72. The fourth-order valence-electron chi connectivity index (χ4n) is 0.0577. The van der Waals surface area contributed by atoms with E-state index in [1.165, 1.54) is 0 Å². The summed E-state index contributed by atoms with van der Waals surface area (Å²) in [4.78, 5) is 0. The second kappa shape index (κ2) is 4.14. The summed E-state index contributed by atoms with van der Waals surface area (Å²) in [5.74, 6) is 0. The van der Waals surface area contributed by atoms with E-state index in [9.17, 15) is 0 Å². The van der Waals surface area contributed by atoms with Gasteiger partial charge in [-0.1, -0.05) is 0 Å². The first-order valence-electron chi connectivity index (χ1n) is 1.25. The van der Waals surface area contributed by atoms with Gasteiger partial charge in [-0.15, -0.1) is 0 Å². The fraction of sp³-hybridized carbons (Fsp3) is 0. The van der Waals surface area contributed by atoms with Crippen molar-refractivity contribution in [3.63, 3.8) is 0 Å². The van der Waals surface area contributed by atoms with Crippen molar-refractivity contribution in [2.75, 3.05) is 0 Å². The van der Waals surface area contributed by atoms with E-state index in [0.29, 0.717) is 0 Å². The highest BCUT2D eigenvalue weighted by Gasteiger charge is 2.13. The molecule has 0 aliphatic carbocycles. The molecule has 0 spiro atoms. The molecule has 3 N–H and O–H groups in total. The van der Waals surface area contributed by atoms with Gasteiger partial charge in [0.15, 0.2) is 0 Å². The predicted octanol–water partition coefficient (Wildman–Crippen LogP) is -0.828. The maximum atomic E-state index is 7.52. The zero-order valence-corrected chi connectivity index (χ0v) is 4.30.